The SMILES string of the molecule is C=C1C/C=C/C(C)(C)C/C=C(/C)CCC1=O. The Kier molecular flexibility index (Phi) is 4.28. The van der Waals surface area contributed by atoms with E-state index in [9.17, 15) is 4.79 Å². The molecule has 0 unspecified atom stereocenters. The van der Waals surface area contributed by atoms with Crippen LogP contribution in [0.2, 0.25) is 0 Å². The Labute approximate surface area is 98.9 Å². The third-order valence-electron chi connectivity index (χ3n) is 3.05. The number of rotatable bonds is 0. The molecule has 0 radical (unpaired) electrons. The van der Waals surface area contributed by atoms with Crippen LogP contribution in [-0.4, -0.2) is 5.78 Å². The fraction of sp³-hybridized carbons (Fsp3) is 0.533. The Morgan fingerprint density at radius 1 is 1.31 bits per heavy atom. The molecule has 0 fully saturated rings. The number of allylic oxidation sites excluding steroid dienone is 5. The fourth-order valence-electron chi connectivity index (χ4n) is 1.73. The summed E-state index contributed by atoms with van der Waals surface area (Å²) in [4.78, 5) is 11.7. The maximum Gasteiger partial charge on any atom is 0.158 e. The topological polar surface area (TPSA) is 17.1 Å². The van der Waals surface area contributed by atoms with E-state index in [2.05, 4.69) is 45.6 Å². The van der Waals surface area contributed by atoms with Gasteiger partial charge in [-0.3, -0.25) is 4.79 Å². The van der Waals surface area contributed by atoms with Crippen LogP contribution in [0, 0.1) is 5.41 Å². The molecule has 0 bridgehead atoms. The van der Waals surface area contributed by atoms with Crippen molar-refractivity contribution >= 4 is 5.78 Å². The summed E-state index contributed by atoms with van der Waals surface area (Å²) in [7, 11) is 0. The van der Waals surface area contributed by atoms with Crippen LogP contribution in [0.3, 0.4) is 0 Å². The molecule has 0 aromatic carbocycles. The van der Waals surface area contributed by atoms with Crippen molar-refractivity contribution in [3.8, 4) is 0 Å². The van der Waals surface area contributed by atoms with Gasteiger partial charge in [-0.05, 0) is 37.2 Å². The standard InChI is InChI=1S/C15H22O/c1-12-7-8-14(16)13(2)6-5-10-15(3,4)11-9-12/h5,9-10H,2,6-8,11H2,1,3-4H3/b10-5+,12-9-. The molecule has 0 amide bonds. The van der Waals surface area contributed by atoms with Crippen molar-refractivity contribution in [3.63, 3.8) is 0 Å². The zero-order valence-electron chi connectivity index (χ0n) is 10.7. The average Bonchev–Trinajstić information content (AvgIpc) is 2.23. The maximum absolute atomic E-state index is 11.7. The lowest BCUT2D eigenvalue weighted by Gasteiger charge is -2.18. The van der Waals surface area contributed by atoms with Crippen molar-refractivity contribution in [3.05, 3.63) is 36.0 Å². The number of Topliss-reactive ketones (excluding diaryl/α,β-unsaturated/α-hetero) is 1. The number of carbonyl (C=O) groups excluding carboxylic acids is 1. The minimum Gasteiger partial charge on any atom is -0.295 e. The Hall–Kier alpha value is -1.11. The first kappa shape index (κ1) is 13.0. The van der Waals surface area contributed by atoms with Gasteiger partial charge in [-0.25, -0.2) is 0 Å². The minimum atomic E-state index is 0.176. The van der Waals surface area contributed by atoms with Crippen LogP contribution in [0.25, 0.3) is 0 Å². The predicted molar refractivity (Wildman–Crippen MR) is 69.3 cm³/mol. The molecule has 0 spiro atoms. The summed E-state index contributed by atoms with van der Waals surface area (Å²) in [6.45, 7) is 10.4. The summed E-state index contributed by atoms with van der Waals surface area (Å²) in [6, 6.07) is 0. The van der Waals surface area contributed by atoms with Crippen molar-refractivity contribution in [2.24, 2.45) is 5.41 Å². The molecule has 1 aliphatic rings. The molecule has 0 saturated heterocycles. The second kappa shape index (κ2) is 5.29. The highest BCUT2D eigenvalue weighted by Gasteiger charge is 2.14. The number of carbonyl (C=O) groups is 1. The second-order valence-corrected chi connectivity index (χ2v) is 5.38. The van der Waals surface area contributed by atoms with E-state index in [0.717, 1.165) is 18.4 Å². The van der Waals surface area contributed by atoms with E-state index in [1.165, 1.54) is 5.57 Å². The van der Waals surface area contributed by atoms with Gasteiger partial charge in [0.15, 0.2) is 5.78 Å². The summed E-state index contributed by atoms with van der Waals surface area (Å²) in [5, 5.41) is 0. The van der Waals surface area contributed by atoms with Gasteiger partial charge in [-0.15, -0.1) is 0 Å². The smallest absolute Gasteiger partial charge is 0.158 e. The second-order valence-electron chi connectivity index (χ2n) is 5.38. The molecule has 0 aromatic heterocycles. The monoisotopic (exact) mass is 218 g/mol. The predicted octanol–water partition coefficient (Wildman–Crippen LogP) is 4.21. The largest absolute Gasteiger partial charge is 0.295 e. The molecule has 0 heterocycles. The quantitative estimate of drug-likeness (QED) is 0.439. The summed E-state index contributed by atoms with van der Waals surface area (Å²) in [5.41, 5.74) is 2.22. The van der Waals surface area contributed by atoms with E-state index in [-0.39, 0.29) is 11.2 Å². The Bertz CT molecular complexity index is 342. The highest BCUT2D eigenvalue weighted by molar-refractivity contribution is 5.95. The van der Waals surface area contributed by atoms with Crippen LogP contribution in [0.4, 0.5) is 0 Å². The van der Waals surface area contributed by atoms with Gasteiger partial charge < -0.3 is 0 Å². The van der Waals surface area contributed by atoms with Crippen LogP contribution < -0.4 is 0 Å². The Morgan fingerprint density at radius 2 is 2.00 bits per heavy atom. The lowest BCUT2D eigenvalue weighted by molar-refractivity contribution is -0.115. The first-order valence-electron chi connectivity index (χ1n) is 5.95. The fourth-order valence-corrected chi connectivity index (χ4v) is 1.73. The van der Waals surface area contributed by atoms with Crippen molar-refractivity contribution < 1.29 is 4.79 Å². The molecular formula is C15H22O. The molecule has 0 atom stereocenters. The van der Waals surface area contributed by atoms with Crippen LogP contribution in [0.1, 0.15) is 46.5 Å². The Balaban J connectivity index is 2.85. The highest BCUT2D eigenvalue weighted by atomic mass is 16.1. The van der Waals surface area contributed by atoms with Gasteiger partial charge >= 0.3 is 0 Å². The third-order valence-corrected chi connectivity index (χ3v) is 3.05. The van der Waals surface area contributed by atoms with Gasteiger partial charge in [-0.1, -0.05) is 44.2 Å². The summed E-state index contributed by atoms with van der Waals surface area (Å²) < 4.78 is 0. The third kappa shape index (κ3) is 4.18. The zero-order valence-corrected chi connectivity index (χ0v) is 10.7. The molecule has 0 N–H and O–H groups in total. The van der Waals surface area contributed by atoms with Crippen LogP contribution in [0.5, 0.6) is 0 Å². The molecule has 0 aromatic rings. The molecule has 1 nitrogen and oxygen atoms in total. The van der Waals surface area contributed by atoms with Crippen LogP contribution >= 0.6 is 0 Å². The first-order valence-corrected chi connectivity index (χ1v) is 5.95. The molecule has 88 valence electrons. The van der Waals surface area contributed by atoms with Gasteiger partial charge in [0.2, 0.25) is 0 Å². The summed E-state index contributed by atoms with van der Waals surface area (Å²) in [5.74, 6) is 0.206. The van der Waals surface area contributed by atoms with Crippen LogP contribution in [0.15, 0.2) is 36.0 Å². The zero-order chi connectivity index (χ0) is 12.2. The lowest BCUT2D eigenvalue weighted by atomic mass is 9.87. The van der Waals surface area contributed by atoms with E-state index in [0.29, 0.717) is 12.8 Å². The lowest BCUT2D eigenvalue weighted by Crippen LogP contribution is -2.05. The minimum absolute atomic E-state index is 0.176. The van der Waals surface area contributed by atoms with E-state index in [1.807, 2.05) is 0 Å². The highest BCUT2D eigenvalue weighted by Crippen LogP contribution is 2.26. The van der Waals surface area contributed by atoms with Gasteiger partial charge in [0.25, 0.3) is 0 Å². The molecular weight excluding hydrogens is 196 g/mol. The molecule has 1 rings (SSSR count). The average molecular weight is 218 g/mol. The first-order chi connectivity index (χ1) is 7.41. The van der Waals surface area contributed by atoms with Gasteiger partial charge in [0.05, 0.1) is 0 Å². The maximum atomic E-state index is 11.7. The van der Waals surface area contributed by atoms with Crippen molar-refractivity contribution in [2.75, 3.05) is 0 Å². The Morgan fingerprint density at radius 3 is 2.69 bits per heavy atom. The van der Waals surface area contributed by atoms with Gasteiger partial charge in [-0.2, -0.15) is 0 Å². The van der Waals surface area contributed by atoms with Crippen molar-refractivity contribution in [2.45, 2.75) is 46.5 Å². The molecule has 0 aliphatic heterocycles. The van der Waals surface area contributed by atoms with E-state index in [1.54, 1.807) is 0 Å². The van der Waals surface area contributed by atoms with Crippen molar-refractivity contribution in [1.29, 1.82) is 0 Å². The normalized spacial score (nSPS) is 27.8. The molecule has 1 aliphatic carbocycles. The van der Waals surface area contributed by atoms with E-state index >= 15 is 0 Å². The molecule has 0 saturated carbocycles. The summed E-state index contributed by atoms with van der Waals surface area (Å²) >= 11 is 0. The number of ketones is 1. The molecule has 16 heavy (non-hydrogen) atoms. The van der Waals surface area contributed by atoms with E-state index < -0.39 is 0 Å². The molecule has 1 heteroatoms. The van der Waals surface area contributed by atoms with Crippen molar-refractivity contribution in [1.82, 2.24) is 0 Å². The number of hydrogen-bond donors (Lipinski definition) is 0. The number of hydrogen-bond acceptors (Lipinski definition) is 1. The van der Waals surface area contributed by atoms with E-state index in [4.69, 9.17) is 0 Å². The van der Waals surface area contributed by atoms with Gasteiger partial charge in [0.1, 0.15) is 0 Å². The summed E-state index contributed by atoms with van der Waals surface area (Å²) in [6.07, 6.45) is 9.74. The van der Waals surface area contributed by atoms with Crippen LogP contribution in [-0.2, 0) is 4.79 Å². The van der Waals surface area contributed by atoms with Gasteiger partial charge in [0, 0.05) is 6.42 Å².